The number of carbonyl (C=O) groups excluding carboxylic acids is 2. The lowest BCUT2D eigenvalue weighted by atomic mass is 10.0. The highest BCUT2D eigenvalue weighted by Gasteiger charge is 2.36. The van der Waals surface area contributed by atoms with E-state index in [2.05, 4.69) is 5.32 Å². The summed E-state index contributed by atoms with van der Waals surface area (Å²) in [5.74, 6) is -1.58. The molecule has 0 aliphatic heterocycles. The van der Waals surface area contributed by atoms with Gasteiger partial charge in [-0.15, -0.1) is 0 Å². The van der Waals surface area contributed by atoms with E-state index >= 15 is 4.39 Å². The Bertz CT molecular complexity index is 1790. The van der Waals surface area contributed by atoms with Gasteiger partial charge in [0.25, 0.3) is 10.0 Å². The lowest BCUT2D eigenvalue weighted by molar-refractivity contribution is -0.140. The molecule has 2 atom stereocenters. The van der Waals surface area contributed by atoms with Crippen molar-refractivity contribution in [1.82, 2.24) is 10.2 Å². The molecule has 0 saturated carbocycles. The van der Waals surface area contributed by atoms with Crippen molar-refractivity contribution in [2.24, 2.45) is 0 Å². The van der Waals surface area contributed by atoms with Crippen molar-refractivity contribution in [3.8, 4) is 5.75 Å². The van der Waals surface area contributed by atoms with Crippen LogP contribution in [0.1, 0.15) is 37.0 Å². The molecule has 4 aromatic rings. The number of amides is 2. The first-order chi connectivity index (χ1) is 22.4. The molecule has 2 unspecified atom stereocenters. The Balaban J connectivity index is 1.87. The summed E-state index contributed by atoms with van der Waals surface area (Å²) in [5, 5.41) is 3.18. The molecule has 0 aromatic heterocycles. The molecule has 1 N–H and O–H groups in total. The highest BCUT2D eigenvalue weighted by molar-refractivity contribution is 7.92. The average Bonchev–Trinajstić information content (AvgIpc) is 3.06. The predicted molar refractivity (Wildman–Crippen MR) is 182 cm³/mol. The number of sulfonamides is 1. The van der Waals surface area contributed by atoms with Gasteiger partial charge in [-0.3, -0.25) is 13.9 Å². The molecule has 47 heavy (non-hydrogen) atoms. The van der Waals surface area contributed by atoms with Crippen molar-refractivity contribution in [3.05, 3.63) is 125 Å². The molecule has 0 fully saturated rings. The fourth-order valence-electron chi connectivity index (χ4n) is 5.01. The van der Waals surface area contributed by atoms with Gasteiger partial charge in [0.05, 0.1) is 17.7 Å². The zero-order chi connectivity index (χ0) is 34.1. The Labute approximate surface area is 281 Å². The van der Waals surface area contributed by atoms with Gasteiger partial charge in [-0.1, -0.05) is 84.8 Å². The molecule has 4 aromatic carbocycles. The third-order valence-electron chi connectivity index (χ3n) is 7.87. The van der Waals surface area contributed by atoms with Crippen LogP contribution in [-0.2, 0) is 32.6 Å². The molecule has 8 nitrogen and oxygen atoms in total. The SMILES string of the molecule is CCC(C)NC(=O)C(Cc1ccccc1)N(Cc1ccccc1F)C(=O)CN(c1cc(Cl)ccc1OC)S(=O)(=O)c1ccc(C)cc1. The van der Waals surface area contributed by atoms with Gasteiger partial charge in [-0.2, -0.15) is 0 Å². The third kappa shape index (κ3) is 8.90. The number of rotatable bonds is 14. The maximum atomic E-state index is 15.1. The largest absolute Gasteiger partial charge is 0.495 e. The molecular weight excluding hydrogens is 641 g/mol. The minimum Gasteiger partial charge on any atom is -0.495 e. The van der Waals surface area contributed by atoms with E-state index in [4.69, 9.17) is 16.3 Å². The van der Waals surface area contributed by atoms with Crippen LogP contribution in [0.4, 0.5) is 10.1 Å². The molecule has 0 aliphatic rings. The number of carbonyl (C=O) groups is 2. The van der Waals surface area contributed by atoms with Gasteiger partial charge in [0.1, 0.15) is 24.2 Å². The van der Waals surface area contributed by atoms with Crippen molar-refractivity contribution in [3.63, 3.8) is 0 Å². The first-order valence-corrected chi connectivity index (χ1v) is 17.1. The Morgan fingerprint density at radius 2 is 1.62 bits per heavy atom. The Kier molecular flexibility index (Phi) is 12.0. The molecule has 11 heteroatoms. The molecule has 4 rings (SSSR count). The zero-order valence-electron chi connectivity index (χ0n) is 26.8. The van der Waals surface area contributed by atoms with Crippen LogP contribution < -0.4 is 14.4 Å². The quantitative estimate of drug-likeness (QED) is 0.163. The van der Waals surface area contributed by atoms with Crippen LogP contribution in [0.2, 0.25) is 5.02 Å². The van der Waals surface area contributed by atoms with Crippen LogP contribution in [0, 0.1) is 12.7 Å². The van der Waals surface area contributed by atoms with Crippen LogP contribution in [0.15, 0.2) is 102 Å². The maximum Gasteiger partial charge on any atom is 0.264 e. The number of hydrogen-bond donors (Lipinski definition) is 1. The molecule has 0 saturated heterocycles. The highest BCUT2D eigenvalue weighted by atomic mass is 35.5. The Hall–Kier alpha value is -4.41. The van der Waals surface area contributed by atoms with Crippen LogP contribution >= 0.6 is 11.6 Å². The van der Waals surface area contributed by atoms with E-state index in [1.807, 2.05) is 51.1 Å². The van der Waals surface area contributed by atoms with Gasteiger partial charge in [0.2, 0.25) is 11.8 Å². The Morgan fingerprint density at radius 3 is 2.26 bits per heavy atom. The van der Waals surface area contributed by atoms with E-state index < -0.39 is 40.2 Å². The summed E-state index contributed by atoms with van der Waals surface area (Å²) in [6, 6.07) is 24.5. The molecule has 0 bridgehead atoms. The van der Waals surface area contributed by atoms with E-state index in [1.54, 1.807) is 24.3 Å². The number of nitrogens with zero attached hydrogens (tertiary/aromatic N) is 2. The molecule has 2 amide bonds. The van der Waals surface area contributed by atoms with Crippen molar-refractivity contribution in [2.75, 3.05) is 18.0 Å². The molecule has 0 spiro atoms. The van der Waals surface area contributed by atoms with Crippen molar-refractivity contribution in [2.45, 2.75) is 57.1 Å². The number of benzene rings is 4. The fourth-order valence-corrected chi connectivity index (χ4v) is 6.60. The molecular formula is C36H39ClFN3O5S. The first kappa shape index (κ1) is 35.4. The summed E-state index contributed by atoms with van der Waals surface area (Å²) in [6.07, 6.45) is 0.747. The van der Waals surface area contributed by atoms with E-state index in [1.165, 1.54) is 54.5 Å². The second-order valence-corrected chi connectivity index (χ2v) is 13.6. The van der Waals surface area contributed by atoms with Crippen LogP contribution in [0.25, 0.3) is 0 Å². The molecule has 0 radical (unpaired) electrons. The maximum absolute atomic E-state index is 15.1. The second-order valence-electron chi connectivity index (χ2n) is 11.3. The summed E-state index contributed by atoms with van der Waals surface area (Å²) in [6.45, 7) is 4.58. The molecule has 0 heterocycles. The second kappa shape index (κ2) is 15.9. The summed E-state index contributed by atoms with van der Waals surface area (Å²) in [4.78, 5) is 29.7. The number of anilines is 1. The number of halogens is 2. The molecule has 248 valence electrons. The predicted octanol–water partition coefficient (Wildman–Crippen LogP) is 6.55. The van der Waals surface area contributed by atoms with Gasteiger partial charge in [-0.05, 0) is 62.2 Å². The Morgan fingerprint density at radius 1 is 0.957 bits per heavy atom. The summed E-state index contributed by atoms with van der Waals surface area (Å²) >= 11 is 6.34. The van der Waals surface area contributed by atoms with Crippen molar-refractivity contribution >= 4 is 39.1 Å². The van der Waals surface area contributed by atoms with Gasteiger partial charge in [0.15, 0.2) is 0 Å². The lowest BCUT2D eigenvalue weighted by Gasteiger charge is -2.34. The highest BCUT2D eigenvalue weighted by Crippen LogP contribution is 2.35. The van der Waals surface area contributed by atoms with E-state index in [0.717, 1.165) is 15.4 Å². The van der Waals surface area contributed by atoms with E-state index in [-0.39, 0.29) is 45.9 Å². The number of hydrogen-bond acceptors (Lipinski definition) is 5. The van der Waals surface area contributed by atoms with Crippen LogP contribution in [-0.4, -0.2) is 50.9 Å². The number of nitrogens with one attached hydrogen (secondary N) is 1. The number of methoxy groups -OCH3 is 1. The van der Waals surface area contributed by atoms with Gasteiger partial charge in [0, 0.05) is 29.6 Å². The van der Waals surface area contributed by atoms with Crippen molar-refractivity contribution in [1.29, 1.82) is 0 Å². The molecule has 0 aliphatic carbocycles. The van der Waals surface area contributed by atoms with E-state index in [9.17, 15) is 18.0 Å². The lowest BCUT2D eigenvalue weighted by Crippen LogP contribution is -2.54. The third-order valence-corrected chi connectivity index (χ3v) is 9.88. The standard InChI is InChI=1S/C36H39ClFN3O5S/c1-5-26(3)39-36(43)33(21-27-11-7-6-8-12-27)40(23-28-13-9-10-14-31(28)38)35(42)24-41(32-22-29(37)17-20-34(32)46-4)47(44,45)30-18-15-25(2)16-19-30/h6-20,22,26,33H,5,21,23-24H2,1-4H3,(H,39,43). The topological polar surface area (TPSA) is 96.0 Å². The summed E-state index contributed by atoms with van der Waals surface area (Å²) in [7, 11) is -3.01. The zero-order valence-corrected chi connectivity index (χ0v) is 28.4. The smallest absolute Gasteiger partial charge is 0.264 e. The van der Waals surface area contributed by atoms with E-state index in [0.29, 0.717) is 6.42 Å². The van der Waals surface area contributed by atoms with Crippen LogP contribution in [0.5, 0.6) is 5.75 Å². The monoisotopic (exact) mass is 679 g/mol. The fraction of sp³-hybridized carbons (Fsp3) is 0.278. The van der Waals surface area contributed by atoms with Gasteiger partial charge < -0.3 is 15.0 Å². The summed E-state index contributed by atoms with van der Waals surface area (Å²) < 4.78 is 50.1. The normalized spacial score (nSPS) is 12.6. The van der Waals surface area contributed by atoms with Crippen LogP contribution in [0.3, 0.4) is 0 Å². The van der Waals surface area contributed by atoms with Gasteiger partial charge >= 0.3 is 0 Å². The minimum absolute atomic E-state index is 0.0310. The van der Waals surface area contributed by atoms with Gasteiger partial charge in [-0.25, -0.2) is 12.8 Å². The number of ether oxygens (including phenoxy) is 1. The van der Waals surface area contributed by atoms with Crippen molar-refractivity contribution < 1.29 is 27.1 Å². The average molecular weight is 680 g/mol. The first-order valence-electron chi connectivity index (χ1n) is 15.2. The minimum atomic E-state index is -4.39. The summed E-state index contributed by atoms with van der Waals surface area (Å²) in [5.41, 5.74) is 1.81. The number of aryl methyl sites for hydroxylation is 1.